The molecule has 0 radical (unpaired) electrons. The highest BCUT2D eigenvalue weighted by Gasteiger charge is 2.25. The van der Waals surface area contributed by atoms with E-state index in [0.29, 0.717) is 24.3 Å². The lowest BCUT2D eigenvalue weighted by Gasteiger charge is -2.23. The number of nitro benzene ring substituents is 1. The molecule has 1 aromatic rings. The number of nitro groups is 1. The molecule has 1 aliphatic heterocycles. The zero-order valence-electron chi connectivity index (χ0n) is 11.0. The minimum Gasteiger partial charge on any atom is -0.496 e. The van der Waals surface area contributed by atoms with E-state index in [1.807, 2.05) is 0 Å². The quantitative estimate of drug-likeness (QED) is 0.669. The lowest BCUT2D eigenvalue weighted by Crippen LogP contribution is -2.32. The zero-order valence-corrected chi connectivity index (χ0v) is 11.9. The highest BCUT2D eigenvalue weighted by atomic mass is 32.2. The van der Waals surface area contributed by atoms with E-state index in [4.69, 9.17) is 4.74 Å². The molecule has 2 rings (SSSR count). The third kappa shape index (κ3) is 3.38. The molecular formula is C12H16N2O5S. The highest BCUT2D eigenvalue weighted by molar-refractivity contribution is 7.91. The van der Waals surface area contributed by atoms with Crippen LogP contribution in [0.5, 0.6) is 5.75 Å². The maximum atomic E-state index is 11.4. The van der Waals surface area contributed by atoms with Crippen molar-refractivity contribution in [3.8, 4) is 5.75 Å². The van der Waals surface area contributed by atoms with E-state index in [9.17, 15) is 18.5 Å². The fourth-order valence-electron chi connectivity index (χ4n) is 2.17. The number of nitrogens with zero attached hydrogens (tertiary/aromatic N) is 1. The average Bonchev–Trinajstić information content (AvgIpc) is 2.41. The van der Waals surface area contributed by atoms with Gasteiger partial charge in [-0.2, -0.15) is 0 Å². The monoisotopic (exact) mass is 300 g/mol. The molecule has 110 valence electrons. The fourth-order valence-corrected chi connectivity index (χ4v) is 3.66. The molecule has 0 amide bonds. The van der Waals surface area contributed by atoms with Crippen LogP contribution >= 0.6 is 0 Å². The Hall–Kier alpha value is -1.83. The summed E-state index contributed by atoms with van der Waals surface area (Å²) in [7, 11) is -1.50. The molecule has 8 heteroatoms. The lowest BCUT2D eigenvalue weighted by molar-refractivity contribution is -0.384. The molecule has 0 aliphatic carbocycles. The molecule has 1 heterocycles. The Balaban J connectivity index is 2.15. The standard InChI is InChI=1S/C12H16N2O5S/c1-19-10-2-3-11(12(8-10)14(15)16)13-9-4-6-20(17,18)7-5-9/h2-3,8-9,13H,4-7H2,1H3. The molecule has 0 unspecified atom stereocenters. The van der Waals surface area contributed by atoms with Gasteiger partial charge in [-0.15, -0.1) is 0 Å². The number of hydrogen-bond acceptors (Lipinski definition) is 6. The summed E-state index contributed by atoms with van der Waals surface area (Å²) in [5, 5.41) is 14.1. The van der Waals surface area contributed by atoms with E-state index in [-0.39, 0.29) is 23.2 Å². The number of anilines is 1. The van der Waals surface area contributed by atoms with Crippen LogP contribution in [0.25, 0.3) is 0 Å². The van der Waals surface area contributed by atoms with E-state index in [0.717, 1.165) is 0 Å². The predicted octanol–water partition coefficient (Wildman–Crippen LogP) is 1.59. The smallest absolute Gasteiger partial charge is 0.296 e. The molecular weight excluding hydrogens is 284 g/mol. The summed E-state index contributed by atoms with van der Waals surface area (Å²) in [6.07, 6.45) is 0.928. The van der Waals surface area contributed by atoms with Crippen molar-refractivity contribution in [2.45, 2.75) is 18.9 Å². The second kappa shape index (κ2) is 5.66. The van der Waals surface area contributed by atoms with Gasteiger partial charge in [-0.1, -0.05) is 0 Å². The lowest BCUT2D eigenvalue weighted by atomic mass is 10.1. The Labute approximate surface area is 117 Å². The number of ether oxygens (including phenoxy) is 1. The maximum absolute atomic E-state index is 11.4. The second-order valence-corrected chi connectivity index (χ2v) is 7.01. The summed E-state index contributed by atoms with van der Waals surface area (Å²) < 4.78 is 27.7. The summed E-state index contributed by atoms with van der Waals surface area (Å²) in [6, 6.07) is 4.50. The van der Waals surface area contributed by atoms with Gasteiger partial charge in [-0.25, -0.2) is 8.42 Å². The molecule has 1 fully saturated rings. The van der Waals surface area contributed by atoms with Gasteiger partial charge in [0.2, 0.25) is 0 Å². The van der Waals surface area contributed by atoms with Gasteiger partial charge in [0, 0.05) is 6.04 Å². The predicted molar refractivity (Wildman–Crippen MR) is 74.9 cm³/mol. The topological polar surface area (TPSA) is 98.5 Å². The Bertz CT molecular complexity index is 600. The van der Waals surface area contributed by atoms with Crippen molar-refractivity contribution < 1.29 is 18.1 Å². The first-order valence-corrected chi connectivity index (χ1v) is 8.03. The van der Waals surface area contributed by atoms with Crippen molar-refractivity contribution in [2.75, 3.05) is 23.9 Å². The van der Waals surface area contributed by atoms with E-state index in [2.05, 4.69) is 5.32 Å². The van der Waals surface area contributed by atoms with Crippen LogP contribution in [0.3, 0.4) is 0 Å². The van der Waals surface area contributed by atoms with Gasteiger partial charge in [-0.3, -0.25) is 10.1 Å². The van der Waals surface area contributed by atoms with Crippen molar-refractivity contribution in [1.82, 2.24) is 0 Å². The molecule has 0 saturated carbocycles. The minimum atomic E-state index is -2.94. The second-order valence-electron chi connectivity index (χ2n) is 4.71. The zero-order chi connectivity index (χ0) is 14.8. The molecule has 1 aromatic carbocycles. The van der Waals surface area contributed by atoms with Crippen LogP contribution in [0.2, 0.25) is 0 Å². The Kier molecular flexibility index (Phi) is 4.12. The van der Waals surface area contributed by atoms with E-state index in [1.54, 1.807) is 12.1 Å². The summed E-state index contributed by atoms with van der Waals surface area (Å²) in [5.74, 6) is 0.650. The number of benzene rings is 1. The van der Waals surface area contributed by atoms with Gasteiger partial charge < -0.3 is 10.1 Å². The van der Waals surface area contributed by atoms with Crippen LogP contribution in [-0.4, -0.2) is 38.0 Å². The minimum absolute atomic E-state index is 0.0642. The molecule has 0 bridgehead atoms. The van der Waals surface area contributed by atoms with Crippen LogP contribution in [0.1, 0.15) is 12.8 Å². The van der Waals surface area contributed by atoms with Crippen LogP contribution in [0, 0.1) is 10.1 Å². The van der Waals surface area contributed by atoms with Gasteiger partial charge in [0.15, 0.2) is 0 Å². The van der Waals surface area contributed by atoms with Crippen molar-refractivity contribution in [1.29, 1.82) is 0 Å². The Morgan fingerprint density at radius 1 is 1.35 bits per heavy atom. The number of methoxy groups -OCH3 is 1. The third-order valence-electron chi connectivity index (χ3n) is 3.32. The summed E-state index contributed by atoms with van der Waals surface area (Å²) in [6.45, 7) is 0. The van der Waals surface area contributed by atoms with E-state index >= 15 is 0 Å². The summed E-state index contributed by atoms with van der Waals surface area (Å²) in [5.41, 5.74) is 0.317. The average molecular weight is 300 g/mol. The van der Waals surface area contributed by atoms with Gasteiger partial charge in [0.25, 0.3) is 5.69 Å². The summed E-state index contributed by atoms with van der Waals surface area (Å²) >= 11 is 0. The Morgan fingerprint density at radius 2 is 2.00 bits per heavy atom. The molecule has 1 saturated heterocycles. The molecule has 0 atom stereocenters. The third-order valence-corrected chi connectivity index (χ3v) is 5.03. The van der Waals surface area contributed by atoms with Crippen molar-refractivity contribution >= 4 is 21.2 Å². The largest absolute Gasteiger partial charge is 0.496 e. The van der Waals surface area contributed by atoms with Crippen molar-refractivity contribution in [2.24, 2.45) is 0 Å². The number of nitrogens with one attached hydrogen (secondary N) is 1. The fraction of sp³-hybridized carbons (Fsp3) is 0.500. The van der Waals surface area contributed by atoms with Crippen LogP contribution < -0.4 is 10.1 Å². The van der Waals surface area contributed by atoms with E-state index in [1.165, 1.54) is 13.2 Å². The van der Waals surface area contributed by atoms with Gasteiger partial charge in [0.1, 0.15) is 21.3 Å². The number of sulfone groups is 1. The van der Waals surface area contributed by atoms with Gasteiger partial charge in [0.05, 0.1) is 29.6 Å². The normalized spacial score (nSPS) is 18.4. The van der Waals surface area contributed by atoms with Crippen molar-refractivity contribution in [3.63, 3.8) is 0 Å². The van der Waals surface area contributed by atoms with Gasteiger partial charge >= 0.3 is 0 Å². The number of hydrogen-bond donors (Lipinski definition) is 1. The molecule has 1 aliphatic rings. The van der Waals surface area contributed by atoms with Gasteiger partial charge in [-0.05, 0) is 25.0 Å². The summed E-state index contributed by atoms with van der Waals surface area (Å²) in [4.78, 5) is 10.6. The molecule has 0 spiro atoms. The molecule has 20 heavy (non-hydrogen) atoms. The number of rotatable bonds is 4. The molecule has 1 N–H and O–H groups in total. The highest BCUT2D eigenvalue weighted by Crippen LogP contribution is 2.30. The van der Waals surface area contributed by atoms with Crippen molar-refractivity contribution in [3.05, 3.63) is 28.3 Å². The first-order valence-electron chi connectivity index (χ1n) is 6.21. The molecule has 7 nitrogen and oxygen atoms in total. The maximum Gasteiger partial charge on any atom is 0.296 e. The first kappa shape index (κ1) is 14.6. The van der Waals surface area contributed by atoms with Crippen LogP contribution in [0.15, 0.2) is 18.2 Å². The SMILES string of the molecule is COc1ccc(NC2CCS(=O)(=O)CC2)c([N+](=O)[O-])c1. The molecule has 0 aromatic heterocycles. The first-order chi connectivity index (χ1) is 9.41. The van der Waals surface area contributed by atoms with E-state index < -0.39 is 14.8 Å². The Morgan fingerprint density at radius 3 is 2.55 bits per heavy atom. The van der Waals surface area contributed by atoms with Crippen LogP contribution in [-0.2, 0) is 9.84 Å². The van der Waals surface area contributed by atoms with Crippen LogP contribution in [0.4, 0.5) is 11.4 Å².